The van der Waals surface area contributed by atoms with Gasteiger partial charge in [0.05, 0.1) is 11.4 Å². The van der Waals surface area contributed by atoms with Crippen molar-refractivity contribution in [1.29, 1.82) is 0 Å². The predicted octanol–water partition coefficient (Wildman–Crippen LogP) is 1.04. The van der Waals surface area contributed by atoms with Crippen molar-refractivity contribution in [3.8, 4) is 0 Å². The summed E-state index contributed by atoms with van der Waals surface area (Å²) in [7, 11) is -3.47. The minimum absolute atomic E-state index is 0.288. The van der Waals surface area contributed by atoms with E-state index in [1.54, 1.807) is 13.8 Å². The monoisotopic (exact) mass is 300 g/mol. The minimum Gasteiger partial charge on any atom is -0.301 e. The van der Waals surface area contributed by atoms with Gasteiger partial charge in [-0.2, -0.15) is 5.10 Å². The molecule has 1 fully saturated rings. The normalized spacial score (nSPS) is 20.9. The summed E-state index contributed by atoms with van der Waals surface area (Å²) in [5, 5.41) is 6.66. The molecular weight excluding hydrogens is 276 g/mol. The summed E-state index contributed by atoms with van der Waals surface area (Å²) in [5.74, 6) is 0.389. The van der Waals surface area contributed by atoms with Crippen molar-refractivity contribution in [3.63, 3.8) is 0 Å². The molecule has 1 aromatic rings. The Balaban J connectivity index is 1.98. The second-order valence-electron chi connectivity index (χ2n) is 5.86. The van der Waals surface area contributed by atoms with Crippen molar-refractivity contribution in [2.45, 2.75) is 45.1 Å². The predicted molar refractivity (Wildman–Crippen MR) is 78.1 cm³/mol. The molecule has 6 nitrogen and oxygen atoms in total. The van der Waals surface area contributed by atoms with Crippen molar-refractivity contribution < 1.29 is 8.42 Å². The highest BCUT2D eigenvalue weighted by atomic mass is 32.2. The molecule has 20 heavy (non-hydrogen) atoms. The quantitative estimate of drug-likeness (QED) is 0.851. The molecule has 0 bridgehead atoms. The molecular formula is C13H24N4O2S. The van der Waals surface area contributed by atoms with Crippen LogP contribution in [0, 0.1) is 19.8 Å². The maximum Gasteiger partial charge on any atom is 0.244 e. The lowest BCUT2D eigenvalue weighted by Gasteiger charge is -2.20. The van der Waals surface area contributed by atoms with E-state index in [0.29, 0.717) is 29.9 Å². The van der Waals surface area contributed by atoms with Gasteiger partial charge in [0.2, 0.25) is 10.0 Å². The number of nitrogens with one attached hydrogen (secondary N) is 2. The maximum absolute atomic E-state index is 12.3. The van der Waals surface area contributed by atoms with Gasteiger partial charge in [-0.05, 0) is 46.6 Å². The molecule has 0 radical (unpaired) electrons. The Morgan fingerprint density at radius 3 is 2.65 bits per heavy atom. The number of hydrogen-bond acceptors (Lipinski definition) is 4. The van der Waals surface area contributed by atoms with Crippen LogP contribution in [0.5, 0.6) is 0 Å². The van der Waals surface area contributed by atoms with E-state index in [2.05, 4.69) is 33.7 Å². The summed E-state index contributed by atoms with van der Waals surface area (Å²) in [6.45, 7) is 10.3. The van der Waals surface area contributed by atoms with Crippen LogP contribution in [0.2, 0.25) is 0 Å². The molecule has 0 aliphatic carbocycles. The first-order valence-corrected chi connectivity index (χ1v) is 8.55. The Labute approximate surface area is 121 Å². The van der Waals surface area contributed by atoms with Crippen molar-refractivity contribution in [2.75, 3.05) is 19.6 Å². The highest BCUT2D eigenvalue weighted by molar-refractivity contribution is 7.89. The number of likely N-dealkylation sites (tertiary alicyclic amines) is 1. The number of aromatic amines is 1. The molecule has 1 atom stereocenters. The van der Waals surface area contributed by atoms with E-state index < -0.39 is 10.0 Å². The van der Waals surface area contributed by atoms with Gasteiger partial charge in [0, 0.05) is 19.1 Å². The third-order valence-electron chi connectivity index (χ3n) is 3.94. The average molecular weight is 300 g/mol. The van der Waals surface area contributed by atoms with Gasteiger partial charge in [0.25, 0.3) is 0 Å². The van der Waals surface area contributed by atoms with E-state index in [-0.39, 0.29) is 4.90 Å². The van der Waals surface area contributed by atoms with E-state index in [1.807, 2.05) is 0 Å². The molecule has 0 aromatic carbocycles. The van der Waals surface area contributed by atoms with Crippen LogP contribution in [0.3, 0.4) is 0 Å². The SMILES string of the molecule is Cc1n[nH]c(C)c1S(=O)(=O)NCC1CCN(C(C)C)C1. The molecule has 1 aliphatic heterocycles. The van der Waals surface area contributed by atoms with Gasteiger partial charge in [-0.25, -0.2) is 13.1 Å². The van der Waals surface area contributed by atoms with Gasteiger partial charge in [0.15, 0.2) is 0 Å². The second kappa shape index (κ2) is 5.83. The lowest BCUT2D eigenvalue weighted by atomic mass is 10.1. The first-order valence-electron chi connectivity index (χ1n) is 7.06. The van der Waals surface area contributed by atoms with Gasteiger partial charge in [-0.1, -0.05) is 0 Å². The van der Waals surface area contributed by atoms with Crippen molar-refractivity contribution in [1.82, 2.24) is 19.8 Å². The number of H-pyrrole nitrogens is 1. The summed E-state index contributed by atoms with van der Waals surface area (Å²) in [5.41, 5.74) is 1.11. The molecule has 0 amide bonds. The van der Waals surface area contributed by atoms with E-state index in [9.17, 15) is 8.42 Å². The second-order valence-corrected chi connectivity index (χ2v) is 7.56. The van der Waals surface area contributed by atoms with Crippen LogP contribution in [-0.2, 0) is 10.0 Å². The molecule has 2 heterocycles. The van der Waals surface area contributed by atoms with Crippen molar-refractivity contribution in [2.24, 2.45) is 5.92 Å². The smallest absolute Gasteiger partial charge is 0.244 e. The van der Waals surface area contributed by atoms with Crippen LogP contribution in [-0.4, -0.2) is 49.2 Å². The first-order chi connectivity index (χ1) is 9.31. The van der Waals surface area contributed by atoms with E-state index in [0.717, 1.165) is 19.5 Å². The van der Waals surface area contributed by atoms with Crippen molar-refractivity contribution in [3.05, 3.63) is 11.4 Å². The van der Waals surface area contributed by atoms with Gasteiger partial charge in [-0.3, -0.25) is 5.10 Å². The van der Waals surface area contributed by atoms with Crippen LogP contribution < -0.4 is 4.72 Å². The Bertz CT molecular complexity index is 545. The van der Waals surface area contributed by atoms with Crippen LogP contribution in [0.25, 0.3) is 0 Å². The van der Waals surface area contributed by atoms with Gasteiger partial charge < -0.3 is 4.90 Å². The molecule has 2 rings (SSSR count). The Kier molecular flexibility index (Phi) is 4.51. The van der Waals surface area contributed by atoms with E-state index in [1.165, 1.54) is 0 Å². The lowest BCUT2D eigenvalue weighted by molar-refractivity contribution is 0.265. The topological polar surface area (TPSA) is 78.1 Å². The third-order valence-corrected chi connectivity index (χ3v) is 5.62. The summed E-state index contributed by atoms with van der Waals surface area (Å²) in [6.07, 6.45) is 1.05. The summed E-state index contributed by atoms with van der Waals surface area (Å²) in [4.78, 5) is 2.67. The average Bonchev–Trinajstić information content (AvgIpc) is 2.94. The number of aromatic nitrogens is 2. The van der Waals surface area contributed by atoms with E-state index >= 15 is 0 Å². The van der Waals surface area contributed by atoms with Crippen LogP contribution >= 0.6 is 0 Å². The molecule has 114 valence electrons. The molecule has 0 spiro atoms. The maximum atomic E-state index is 12.3. The fourth-order valence-corrected chi connectivity index (χ4v) is 4.22. The molecule has 7 heteroatoms. The summed E-state index contributed by atoms with van der Waals surface area (Å²) >= 11 is 0. The number of hydrogen-bond donors (Lipinski definition) is 2. The van der Waals surface area contributed by atoms with Gasteiger partial charge >= 0.3 is 0 Å². The molecule has 2 N–H and O–H groups in total. The fraction of sp³-hybridized carbons (Fsp3) is 0.769. The standard InChI is InChI=1S/C13H24N4O2S/c1-9(2)17-6-5-12(8-17)7-14-20(18,19)13-10(3)15-16-11(13)4/h9,12,14H,5-8H2,1-4H3,(H,15,16). The number of nitrogens with zero attached hydrogens (tertiary/aromatic N) is 2. The lowest BCUT2D eigenvalue weighted by Crippen LogP contribution is -2.33. The zero-order chi connectivity index (χ0) is 14.9. The first kappa shape index (κ1) is 15.5. The number of rotatable bonds is 5. The molecule has 1 aromatic heterocycles. The number of aryl methyl sites for hydroxylation is 2. The van der Waals surface area contributed by atoms with Crippen molar-refractivity contribution >= 4 is 10.0 Å². The molecule has 1 aliphatic rings. The fourth-order valence-electron chi connectivity index (χ4n) is 2.73. The zero-order valence-corrected chi connectivity index (χ0v) is 13.4. The van der Waals surface area contributed by atoms with Gasteiger partial charge in [0.1, 0.15) is 4.90 Å². The molecule has 1 unspecified atom stereocenters. The highest BCUT2D eigenvalue weighted by Crippen LogP contribution is 2.20. The Morgan fingerprint density at radius 1 is 1.45 bits per heavy atom. The Morgan fingerprint density at radius 2 is 2.15 bits per heavy atom. The third kappa shape index (κ3) is 3.21. The van der Waals surface area contributed by atoms with Gasteiger partial charge in [-0.15, -0.1) is 0 Å². The summed E-state index contributed by atoms with van der Waals surface area (Å²) < 4.78 is 27.4. The molecule has 0 saturated carbocycles. The highest BCUT2D eigenvalue weighted by Gasteiger charge is 2.27. The van der Waals surface area contributed by atoms with Crippen LogP contribution in [0.4, 0.5) is 0 Å². The zero-order valence-electron chi connectivity index (χ0n) is 12.6. The van der Waals surface area contributed by atoms with Crippen LogP contribution in [0.1, 0.15) is 31.7 Å². The Hall–Kier alpha value is -0.920. The molecule has 1 saturated heterocycles. The minimum atomic E-state index is -3.47. The van der Waals surface area contributed by atoms with Crippen LogP contribution in [0.15, 0.2) is 4.90 Å². The van der Waals surface area contributed by atoms with E-state index in [4.69, 9.17) is 0 Å². The largest absolute Gasteiger partial charge is 0.301 e. The number of sulfonamides is 1. The summed E-state index contributed by atoms with van der Waals surface area (Å²) in [6, 6.07) is 0.523.